The number of nitrogens with zero attached hydrogens (tertiary/aromatic N) is 1. The van der Waals surface area contributed by atoms with Crippen molar-refractivity contribution in [3.05, 3.63) is 0 Å². The van der Waals surface area contributed by atoms with Crippen molar-refractivity contribution >= 4 is 12.2 Å². The van der Waals surface area contributed by atoms with E-state index in [2.05, 4.69) is 5.32 Å². The van der Waals surface area contributed by atoms with Gasteiger partial charge in [0.2, 0.25) is 0 Å². The molecule has 0 atom stereocenters. The van der Waals surface area contributed by atoms with Gasteiger partial charge in [0.05, 0.1) is 19.8 Å². The summed E-state index contributed by atoms with van der Waals surface area (Å²) in [5.74, 6) is 0. The minimum Gasteiger partial charge on any atom is -0.444 e. The number of alkyl carbamates (subject to hydrolysis) is 1. The molecule has 8 heteroatoms. The van der Waals surface area contributed by atoms with E-state index in [1.807, 2.05) is 20.8 Å². The van der Waals surface area contributed by atoms with Gasteiger partial charge in [-0.05, 0) is 41.5 Å². The molecule has 0 aliphatic rings. The van der Waals surface area contributed by atoms with E-state index in [0.717, 1.165) is 0 Å². The lowest BCUT2D eigenvalue weighted by atomic mass is 10.2. The van der Waals surface area contributed by atoms with E-state index >= 15 is 0 Å². The van der Waals surface area contributed by atoms with E-state index in [1.54, 1.807) is 27.9 Å². The van der Waals surface area contributed by atoms with Crippen molar-refractivity contribution in [3.8, 4) is 0 Å². The Hall–Kier alpha value is -1.54. The van der Waals surface area contributed by atoms with Gasteiger partial charge >= 0.3 is 12.2 Å². The van der Waals surface area contributed by atoms with Crippen molar-refractivity contribution in [1.29, 1.82) is 0 Å². The quantitative estimate of drug-likeness (QED) is 0.634. The highest BCUT2D eigenvalue weighted by Gasteiger charge is 2.21. The predicted molar refractivity (Wildman–Crippen MR) is 94.7 cm³/mol. The van der Waals surface area contributed by atoms with E-state index in [4.69, 9.17) is 18.9 Å². The summed E-state index contributed by atoms with van der Waals surface area (Å²) < 4.78 is 20.9. The summed E-state index contributed by atoms with van der Waals surface area (Å²) in [7, 11) is 1.58. The highest BCUT2D eigenvalue weighted by atomic mass is 16.6. The van der Waals surface area contributed by atoms with Crippen LogP contribution >= 0.6 is 0 Å². The Kier molecular flexibility index (Phi) is 10.5. The van der Waals surface area contributed by atoms with Crippen LogP contribution in [0, 0.1) is 0 Å². The van der Waals surface area contributed by atoms with Crippen molar-refractivity contribution in [3.63, 3.8) is 0 Å². The molecule has 0 aliphatic heterocycles. The number of nitrogens with one attached hydrogen (secondary N) is 1. The average Bonchev–Trinajstić information content (AvgIpc) is 2.41. The highest BCUT2D eigenvalue weighted by Crippen LogP contribution is 2.10. The van der Waals surface area contributed by atoms with Crippen molar-refractivity contribution in [2.45, 2.75) is 52.7 Å². The van der Waals surface area contributed by atoms with Crippen LogP contribution in [0.1, 0.15) is 41.5 Å². The van der Waals surface area contributed by atoms with Gasteiger partial charge in [0.25, 0.3) is 0 Å². The third-order valence-electron chi connectivity index (χ3n) is 2.64. The third kappa shape index (κ3) is 14.5. The van der Waals surface area contributed by atoms with Gasteiger partial charge in [-0.1, -0.05) is 0 Å². The predicted octanol–water partition coefficient (Wildman–Crippen LogP) is 2.41. The maximum atomic E-state index is 12.1. The smallest absolute Gasteiger partial charge is 0.410 e. The van der Waals surface area contributed by atoms with Crippen molar-refractivity contribution in [2.75, 3.05) is 46.6 Å². The number of amides is 2. The molecule has 0 saturated heterocycles. The molecule has 0 aliphatic carbocycles. The Balaban J connectivity index is 4.06. The van der Waals surface area contributed by atoms with Gasteiger partial charge in [-0.3, -0.25) is 0 Å². The van der Waals surface area contributed by atoms with Crippen molar-refractivity contribution < 1.29 is 28.5 Å². The van der Waals surface area contributed by atoms with E-state index in [0.29, 0.717) is 39.5 Å². The normalized spacial score (nSPS) is 11.8. The van der Waals surface area contributed by atoms with Gasteiger partial charge in [0.15, 0.2) is 0 Å². The Morgan fingerprint density at radius 2 is 1.44 bits per heavy atom. The van der Waals surface area contributed by atoms with E-state index in [9.17, 15) is 9.59 Å². The maximum Gasteiger partial charge on any atom is 0.410 e. The van der Waals surface area contributed by atoms with E-state index in [1.165, 1.54) is 4.90 Å². The zero-order chi connectivity index (χ0) is 19.5. The summed E-state index contributed by atoms with van der Waals surface area (Å²) >= 11 is 0. The van der Waals surface area contributed by atoms with Crippen LogP contribution in [0.15, 0.2) is 0 Å². The monoisotopic (exact) mass is 362 g/mol. The van der Waals surface area contributed by atoms with Crippen LogP contribution in [-0.4, -0.2) is 74.9 Å². The maximum absolute atomic E-state index is 12.1. The molecule has 0 aromatic rings. The molecule has 0 spiro atoms. The molecule has 0 aromatic heterocycles. The van der Waals surface area contributed by atoms with Crippen LogP contribution < -0.4 is 5.32 Å². The number of carbonyl (C=O) groups is 2. The standard InChI is InChI=1S/C17H34N2O6/c1-16(2,3)24-14(20)18-8-11-23-13-10-19(9-12-22-7)15(21)25-17(4,5)6/h8-13H2,1-7H3,(H,18,20). The summed E-state index contributed by atoms with van der Waals surface area (Å²) in [6.07, 6.45) is -0.883. The number of hydrogen-bond acceptors (Lipinski definition) is 6. The fourth-order valence-corrected chi connectivity index (χ4v) is 1.64. The minimum atomic E-state index is -0.555. The zero-order valence-electron chi connectivity index (χ0n) is 16.6. The first-order chi connectivity index (χ1) is 11.4. The van der Waals surface area contributed by atoms with Gasteiger partial charge in [0, 0.05) is 26.7 Å². The molecule has 25 heavy (non-hydrogen) atoms. The molecule has 0 heterocycles. The summed E-state index contributed by atoms with van der Waals surface area (Å²) in [5, 5.41) is 2.60. The molecule has 0 saturated carbocycles. The molecule has 148 valence electrons. The van der Waals surface area contributed by atoms with Crippen LogP contribution in [0.3, 0.4) is 0 Å². The van der Waals surface area contributed by atoms with Gasteiger partial charge in [-0.25, -0.2) is 9.59 Å². The molecule has 2 amide bonds. The fourth-order valence-electron chi connectivity index (χ4n) is 1.64. The second-order valence-electron chi connectivity index (χ2n) is 7.50. The SMILES string of the molecule is COCCN(CCOCCNC(=O)OC(C)(C)C)C(=O)OC(C)(C)C. The molecule has 8 nitrogen and oxygen atoms in total. The first-order valence-electron chi connectivity index (χ1n) is 8.46. The second kappa shape index (κ2) is 11.1. The van der Waals surface area contributed by atoms with E-state index in [-0.39, 0.29) is 0 Å². The second-order valence-corrected chi connectivity index (χ2v) is 7.50. The molecule has 0 fully saturated rings. The highest BCUT2D eigenvalue weighted by molar-refractivity contribution is 5.68. The van der Waals surface area contributed by atoms with Gasteiger partial charge in [-0.2, -0.15) is 0 Å². The molecule has 0 radical (unpaired) electrons. The lowest BCUT2D eigenvalue weighted by Gasteiger charge is -2.27. The van der Waals surface area contributed by atoms with E-state index < -0.39 is 23.4 Å². The fraction of sp³-hybridized carbons (Fsp3) is 0.882. The van der Waals surface area contributed by atoms with Gasteiger partial charge in [0.1, 0.15) is 11.2 Å². The Morgan fingerprint density at radius 1 is 0.880 bits per heavy atom. The summed E-state index contributed by atoms with van der Waals surface area (Å²) in [4.78, 5) is 25.1. The average molecular weight is 362 g/mol. The Bertz CT molecular complexity index is 401. The summed E-state index contributed by atoms with van der Waals surface area (Å²) in [6.45, 7) is 13.1. The van der Waals surface area contributed by atoms with Gasteiger partial charge in [-0.15, -0.1) is 0 Å². The Morgan fingerprint density at radius 3 is 1.96 bits per heavy atom. The first-order valence-corrected chi connectivity index (χ1v) is 8.46. The Labute approximate surface area is 151 Å². The number of methoxy groups -OCH3 is 1. The number of hydrogen-bond donors (Lipinski definition) is 1. The number of carbonyl (C=O) groups excluding carboxylic acids is 2. The lowest BCUT2D eigenvalue weighted by molar-refractivity contribution is 0.0125. The van der Waals surface area contributed by atoms with Crippen molar-refractivity contribution in [1.82, 2.24) is 10.2 Å². The lowest BCUT2D eigenvalue weighted by Crippen LogP contribution is -2.40. The molecule has 0 rings (SSSR count). The molecule has 0 aromatic carbocycles. The third-order valence-corrected chi connectivity index (χ3v) is 2.64. The zero-order valence-corrected chi connectivity index (χ0v) is 16.6. The summed E-state index contributed by atoms with van der Waals surface area (Å²) in [5.41, 5.74) is -1.08. The molecular weight excluding hydrogens is 328 g/mol. The molecular formula is C17H34N2O6. The van der Waals surface area contributed by atoms with Crippen LogP contribution in [-0.2, 0) is 18.9 Å². The van der Waals surface area contributed by atoms with Crippen LogP contribution in [0.2, 0.25) is 0 Å². The molecule has 1 N–H and O–H groups in total. The first kappa shape index (κ1) is 23.5. The minimum absolute atomic E-state index is 0.325. The summed E-state index contributed by atoms with van der Waals surface area (Å²) in [6, 6.07) is 0. The van der Waals surface area contributed by atoms with Gasteiger partial charge < -0.3 is 29.2 Å². The largest absolute Gasteiger partial charge is 0.444 e. The van der Waals surface area contributed by atoms with Crippen LogP contribution in [0.25, 0.3) is 0 Å². The topological polar surface area (TPSA) is 86.3 Å². The molecule has 0 bridgehead atoms. The number of ether oxygens (including phenoxy) is 4. The molecule has 0 unspecified atom stereocenters. The van der Waals surface area contributed by atoms with Crippen molar-refractivity contribution in [2.24, 2.45) is 0 Å². The number of rotatable bonds is 9. The van der Waals surface area contributed by atoms with Crippen LogP contribution in [0.5, 0.6) is 0 Å². The van der Waals surface area contributed by atoms with Crippen LogP contribution in [0.4, 0.5) is 9.59 Å².